The standard InChI is InChI=1S/C18H16ClNO3/c1-2-23-18(22)16(17(21)13-6-4-3-5-7-13)12-20-15-10-8-14(19)9-11-15/h3-12,21H,2H2,1H3. The fraction of sp³-hybridized carbons (Fsp3) is 0.111. The summed E-state index contributed by atoms with van der Waals surface area (Å²) in [6.07, 6.45) is 1.30. The lowest BCUT2D eigenvalue weighted by Crippen LogP contribution is -2.11. The van der Waals surface area contributed by atoms with Crippen LogP contribution in [0, 0.1) is 0 Å². The van der Waals surface area contributed by atoms with E-state index < -0.39 is 5.97 Å². The first kappa shape index (κ1) is 16.8. The number of aliphatic imine (C=N–C) groups is 1. The number of hydrogen-bond acceptors (Lipinski definition) is 4. The van der Waals surface area contributed by atoms with Crippen molar-refractivity contribution in [1.82, 2.24) is 0 Å². The number of aliphatic hydroxyl groups is 1. The molecular weight excluding hydrogens is 314 g/mol. The van der Waals surface area contributed by atoms with E-state index in [9.17, 15) is 9.90 Å². The SMILES string of the molecule is CCOC(=O)C(C=Nc1ccc(Cl)cc1)=C(O)c1ccccc1. The van der Waals surface area contributed by atoms with Gasteiger partial charge < -0.3 is 9.84 Å². The lowest BCUT2D eigenvalue weighted by atomic mass is 10.1. The van der Waals surface area contributed by atoms with Gasteiger partial charge in [-0.05, 0) is 31.2 Å². The van der Waals surface area contributed by atoms with Gasteiger partial charge in [-0.2, -0.15) is 0 Å². The van der Waals surface area contributed by atoms with E-state index in [1.165, 1.54) is 6.21 Å². The molecule has 0 spiro atoms. The van der Waals surface area contributed by atoms with E-state index in [1.807, 2.05) is 6.07 Å². The lowest BCUT2D eigenvalue weighted by Gasteiger charge is -2.06. The van der Waals surface area contributed by atoms with Crippen molar-refractivity contribution in [2.45, 2.75) is 6.92 Å². The van der Waals surface area contributed by atoms with Crippen LogP contribution in [0.5, 0.6) is 0 Å². The summed E-state index contributed by atoms with van der Waals surface area (Å²) in [6, 6.07) is 15.6. The van der Waals surface area contributed by atoms with Crippen molar-refractivity contribution in [3.63, 3.8) is 0 Å². The summed E-state index contributed by atoms with van der Waals surface area (Å²) >= 11 is 5.82. The minimum Gasteiger partial charge on any atom is -0.506 e. The van der Waals surface area contributed by atoms with Gasteiger partial charge in [0.25, 0.3) is 0 Å². The average Bonchev–Trinajstić information content (AvgIpc) is 2.57. The molecule has 0 amide bonds. The quantitative estimate of drug-likeness (QED) is 0.378. The highest BCUT2D eigenvalue weighted by Gasteiger charge is 2.16. The molecule has 4 nitrogen and oxygen atoms in total. The van der Waals surface area contributed by atoms with E-state index in [4.69, 9.17) is 16.3 Å². The number of benzene rings is 2. The van der Waals surface area contributed by atoms with Gasteiger partial charge in [0.15, 0.2) is 0 Å². The number of aliphatic hydroxyl groups excluding tert-OH is 1. The third-order valence-electron chi connectivity index (χ3n) is 2.97. The van der Waals surface area contributed by atoms with Gasteiger partial charge in [0.1, 0.15) is 11.3 Å². The second-order valence-electron chi connectivity index (χ2n) is 4.58. The topological polar surface area (TPSA) is 58.9 Å². The van der Waals surface area contributed by atoms with Crippen molar-refractivity contribution in [1.29, 1.82) is 0 Å². The maximum atomic E-state index is 12.1. The molecule has 118 valence electrons. The van der Waals surface area contributed by atoms with E-state index in [0.29, 0.717) is 16.3 Å². The molecule has 0 unspecified atom stereocenters. The molecule has 0 radical (unpaired) electrons. The van der Waals surface area contributed by atoms with Crippen LogP contribution in [0.1, 0.15) is 12.5 Å². The Bertz CT molecular complexity index is 722. The van der Waals surface area contributed by atoms with Crippen molar-refractivity contribution in [2.75, 3.05) is 6.61 Å². The summed E-state index contributed by atoms with van der Waals surface area (Å²) in [4.78, 5) is 16.3. The second-order valence-corrected chi connectivity index (χ2v) is 5.02. The minimum atomic E-state index is -0.633. The third-order valence-corrected chi connectivity index (χ3v) is 3.22. The largest absolute Gasteiger partial charge is 0.506 e. The van der Waals surface area contributed by atoms with E-state index in [0.717, 1.165) is 0 Å². The Kier molecular flexibility index (Phi) is 5.94. The predicted octanol–water partition coefficient (Wildman–Crippen LogP) is 4.57. The molecule has 0 saturated heterocycles. The first-order chi connectivity index (χ1) is 11.1. The zero-order valence-electron chi connectivity index (χ0n) is 12.6. The lowest BCUT2D eigenvalue weighted by molar-refractivity contribution is -0.137. The maximum absolute atomic E-state index is 12.1. The zero-order valence-corrected chi connectivity index (χ0v) is 13.3. The molecular formula is C18H16ClNO3. The Morgan fingerprint density at radius 1 is 1.17 bits per heavy atom. The highest BCUT2D eigenvalue weighted by Crippen LogP contribution is 2.19. The number of esters is 1. The number of nitrogens with zero attached hydrogens (tertiary/aromatic N) is 1. The molecule has 0 aliphatic carbocycles. The van der Waals surface area contributed by atoms with Gasteiger partial charge in [0, 0.05) is 16.8 Å². The maximum Gasteiger partial charge on any atom is 0.343 e. The Labute approximate surface area is 139 Å². The number of rotatable bonds is 5. The summed E-state index contributed by atoms with van der Waals surface area (Å²) in [7, 11) is 0. The van der Waals surface area contributed by atoms with E-state index >= 15 is 0 Å². The smallest absolute Gasteiger partial charge is 0.343 e. The van der Waals surface area contributed by atoms with Crippen molar-refractivity contribution in [3.05, 3.63) is 70.8 Å². The molecule has 5 heteroatoms. The van der Waals surface area contributed by atoms with Crippen molar-refractivity contribution in [2.24, 2.45) is 4.99 Å². The molecule has 0 aliphatic heterocycles. The molecule has 0 saturated carbocycles. The highest BCUT2D eigenvalue weighted by atomic mass is 35.5. The molecule has 0 fully saturated rings. The Morgan fingerprint density at radius 2 is 1.83 bits per heavy atom. The molecule has 0 aliphatic rings. The van der Waals surface area contributed by atoms with Gasteiger partial charge in [-0.1, -0.05) is 41.9 Å². The molecule has 23 heavy (non-hydrogen) atoms. The summed E-state index contributed by atoms with van der Waals surface area (Å²) in [5, 5.41) is 11.0. The van der Waals surface area contributed by atoms with Crippen molar-refractivity contribution >= 4 is 35.2 Å². The van der Waals surface area contributed by atoms with Gasteiger partial charge in [-0.15, -0.1) is 0 Å². The first-order valence-corrected chi connectivity index (χ1v) is 7.45. The average molecular weight is 330 g/mol. The van der Waals surface area contributed by atoms with Crippen LogP contribution in [-0.2, 0) is 9.53 Å². The molecule has 2 rings (SSSR count). The van der Waals surface area contributed by atoms with Crippen LogP contribution >= 0.6 is 11.6 Å². The molecule has 2 aromatic rings. The van der Waals surface area contributed by atoms with E-state index in [-0.39, 0.29) is 17.9 Å². The summed E-state index contributed by atoms with van der Waals surface area (Å²) in [5.41, 5.74) is 1.11. The van der Waals surface area contributed by atoms with Crippen molar-refractivity contribution < 1.29 is 14.6 Å². The third kappa shape index (κ3) is 4.69. The van der Waals surface area contributed by atoms with Crippen molar-refractivity contribution in [3.8, 4) is 0 Å². The van der Waals surface area contributed by atoms with E-state index in [1.54, 1.807) is 55.5 Å². The van der Waals surface area contributed by atoms with E-state index in [2.05, 4.69) is 4.99 Å². The Balaban J connectivity index is 2.38. The monoisotopic (exact) mass is 329 g/mol. The van der Waals surface area contributed by atoms with Gasteiger partial charge in [-0.3, -0.25) is 4.99 Å². The highest BCUT2D eigenvalue weighted by molar-refractivity contribution is 6.30. The normalized spacial score (nSPS) is 12.1. The molecule has 1 N–H and O–H groups in total. The second kappa shape index (κ2) is 8.15. The number of halogens is 1. The van der Waals surface area contributed by atoms with Gasteiger partial charge in [-0.25, -0.2) is 4.79 Å². The van der Waals surface area contributed by atoms with Crippen LogP contribution in [0.3, 0.4) is 0 Å². The zero-order chi connectivity index (χ0) is 16.7. The Morgan fingerprint density at radius 3 is 2.43 bits per heavy atom. The molecule has 0 heterocycles. The van der Waals surface area contributed by atoms with Gasteiger partial charge in [0.2, 0.25) is 0 Å². The van der Waals surface area contributed by atoms with Gasteiger partial charge >= 0.3 is 5.97 Å². The molecule has 2 aromatic carbocycles. The van der Waals surface area contributed by atoms with Crippen LogP contribution in [0.15, 0.2) is 65.2 Å². The summed E-state index contributed by atoms with van der Waals surface area (Å²) in [5.74, 6) is -0.812. The van der Waals surface area contributed by atoms with Crippen LogP contribution in [0.2, 0.25) is 5.02 Å². The first-order valence-electron chi connectivity index (χ1n) is 7.07. The summed E-state index contributed by atoms with van der Waals surface area (Å²) in [6.45, 7) is 1.91. The number of ether oxygens (including phenoxy) is 1. The Hall–Kier alpha value is -2.59. The summed E-state index contributed by atoms with van der Waals surface area (Å²) < 4.78 is 4.99. The van der Waals surface area contributed by atoms with Crippen LogP contribution < -0.4 is 0 Å². The minimum absolute atomic E-state index is 0.00648. The fourth-order valence-corrected chi connectivity index (χ4v) is 1.96. The van der Waals surface area contributed by atoms with Crippen LogP contribution in [-0.4, -0.2) is 23.9 Å². The predicted molar refractivity (Wildman–Crippen MR) is 92.2 cm³/mol. The number of carbonyl (C=O) groups excluding carboxylic acids is 1. The number of carbonyl (C=O) groups is 1. The molecule has 0 bridgehead atoms. The fourth-order valence-electron chi connectivity index (χ4n) is 1.84. The van der Waals surface area contributed by atoms with Crippen LogP contribution in [0.25, 0.3) is 5.76 Å². The van der Waals surface area contributed by atoms with Crippen LogP contribution in [0.4, 0.5) is 5.69 Å². The van der Waals surface area contributed by atoms with Gasteiger partial charge in [0.05, 0.1) is 12.3 Å². The molecule has 0 aromatic heterocycles. The number of hydrogen-bond donors (Lipinski definition) is 1. The molecule has 0 atom stereocenters.